The van der Waals surface area contributed by atoms with Crippen LogP contribution in [0.5, 0.6) is 0 Å². The highest BCUT2D eigenvalue weighted by molar-refractivity contribution is 5.82. The average molecular weight is 315 g/mol. The molecule has 6 nitrogen and oxygen atoms in total. The van der Waals surface area contributed by atoms with Gasteiger partial charge in [-0.15, -0.1) is 0 Å². The fraction of sp³-hybridized carbons (Fsp3) is 0.412. The number of aromatic nitrogens is 1. The molecule has 1 aliphatic rings. The second kappa shape index (κ2) is 6.52. The van der Waals surface area contributed by atoms with Crippen molar-refractivity contribution in [2.24, 2.45) is 0 Å². The Balaban J connectivity index is 1.65. The van der Waals surface area contributed by atoms with E-state index in [1.165, 1.54) is 6.39 Å². The molecule has 1 aromatic carbocycles. The quantitative estimate of drug-likeness (QED) is 0.797. The third-order valence-corrected chi connectivity index (χ3v) is 4.20. The van der Waals surface area contributed by atoms with Crippen molar-refractivity contribution in [2.75, 3.05) is 6.54 Å². The first-order valence-electron chi connectivity index (χ1n) is 7.77. The molecule has 1 amide bonds. The predicted octanol–water partition coefficient (Wildman–Crippen LogP) is 1.55. The van der Waals surface area contributed by atoms with E-state index in [0.29, 0.717) is 13.0 Å². The number of oxazole rings is 1. The number of nitrogens with zero attached hydrogens (tertiary/aromatic N) is 1. The summed E-state index contributed by atoms with van der Waals surface area (Å²) in [4.78, 5) is 16.3. The van der Waals surface area contributed by atoms with Crippen molar-refractivity contribution in [2.45, 2.75) is 38.5 Å². The molecule has 2 aromatic rings. The van der Waals surface area contributed by atoms with Gasteiger partial charge in [0.25, 0.3) is 0 Å². The topological polar surface area (TPSA) is 87.4 Å². The molecule has 1 fully saturated rings. The summed E-state index contributed by atoms with van der Waals surface area (Å²) in [6.45, 7) is 4.31. The van der Waals surface area contributed by atoms with Gasteiger partial charge in [0.15, 0.2) is 12.2 Å². The fourth-order valence-electron chi connectivity index (χ4n) is 2.82. The molecule has 1 aliphatic heterocycles. The zero-order chi connectivity index (χ0) is 16.4. The lowest BCUT2D eigenvalue weighted by Crippen LogP contribution is -2.41. The molecule has 0 spiro atoms. The SMILES string of the molecule is Cc1ncoc1-c1ccc([C@H](C)NC(=O)C2CC(O)CN2)cc1. The average Bonchev–Trinajstić information content (AvgIpc) is 3.16. The van der Waals surface area contributed by atoms with Gasteiger partial charge in [-0.3, -0.25) is 4.79 Å². The molecule has 2 heterocycles. The number of benzene rings is 1. The minimum absolute atomic E-state index is 0.0794. The summed E-state index contributed by atoms with van der Waals surface area (Å²) < 4.78 is 5.38. The normalized spacial score (nSPS) is 22.0. The summed E-state index contributed by atoms with van der Waals surface area (Å²) in [5.41, 5.74) is 2.82. The number of carbonyl (C=O) groups excluding carboxylic acids is 1. The molecule has 0 bridgehead atoms. The predicted molar refractivity (Wildman–Crippen MR) is 85.6 cm³/mol. The number of hydrogen-bond acceptors (Lipinski definition) is 5. The molecule has 6 heteroatoms. The number of β-amino-alcohol motifs (C(OH)–C–C–N with tert-alkyl or cyclic N) is 1. The molecule has 0 radical (unpaired) electrons. The smallest absolute Gasteiger partial charge is 0.237 e. The molecule has 122 valence electrons. The zero-order valence-electron chi connectivity index (χ0n) is 13.2. The van der Waals surface area contributed by atoms with Crippen LogP contribution in [0, 0.1) is 6.92 Å². The van der Waals surface area contributed by atoms with Crippen LogP contribution in [0.1, 0.15) is 30.6 Å². The van der Waals surface area contributed by atoms with Crippen molar-refractivity contribution in [3.63, 3.8) is 0 Å². The summed E-state index contributed by atoms with van der Waals surface area (Å²) in [6.07, 6.45) is 1.46. The fourth-order valence-corrected chi connectivity index (χ4v) is 2.82. The largest absolute Gasteiger partial charge is 0.443 e. The van der Waals surface area contributed by atoms with Crippen LogP contribution >= 0.6 is 0 Å². The summed E-state index contributed by atoms with van der Waals surface area (Å²) in [6, 6.07) is 7.44. The number of aliphatic hydroxyl groups excluding tert-OH is 1. The van der Waals surface area contributed by atoms with E-state index in [1.54, 1.807) is 0 Å². The van der Waals surface area contributed by atoms with E-state index in [1.807, 2.05) is 38.1 Å². The van der Waals surface area contributed by atoms with E-state index in [-0.39, 0.29) is 18.0 Å². The van der Waals surface area contributed by atoms with Crippen molar-refractivity contribution >= 4 is 5.91 Å². The summed E-state index contributed by atoms with van der Waals surface area (Å²) in [5, 5.41) is 15.5. The van der Waals surface area contributed by atoms with Crippen LogP contribution in [0.25, 0.3) is 11.3 Å². The maximum absolute atomic E-state index is 12.2. The van der Waals surface area contributed by atoms with E-state index in [4.69, 9.17) is 4.42 Å². The van der Waals surface area contributed by atoms with Crippen LogP contribution < -0.4 is 10.6 Å². The van der Waals surface area contributed by atoms with E-state index in [2.05, 4.69) is 15.6 Å². The Bertz CT molecular complexity index is 681. The van der Waals surface area contributed by atoms with Crippen LogP contribution in [-0.2, 0) is 4.79 Å². The molecule has 3 N–H and O–H groups in total. The Labute approximate surface area is 134 Å². The van der Waals surface area contributed by atoms with Gasteiger partial charge >= 0.3 is 0 Å². The Morgan fingerprint density at radius 2 is 2.17 bits per heavy atom. The monoisotopic (exact) mass is 315 g/mol. The van der Waals surface area contributed by atoms with E-state index < -0.39 is 6.10 Å². The highest BCUT2D eigenvalue weighted by atomic mass is 16.3. The van der Waals surface area contributed by atoms with E-state index in [0.717, 1.165) is 22.6 Å². The maximum Gasteiger partial charge on any atom is 0.237 e. The van der Waals surface area contributed by atoms with Crippen molar-refractivity contribution in [1.82, 2.24) is 15.6 Å². The number of amides is 1. The van der Waals surface area contributed by atoms with Gasteiger partial charge in [0.2, 0.25) is 5.91 Å². The minimum Gasteiger partial charge on any atom is -0.443 e. The number of carbonyl (C=O) groups is 1. The molecule has 2 unspecified atom stereocenters. The first-order valence-corrected chi connectivity index (χ1v) is 7.77. The lowest BCUT2D eigenvalue weighted by molar-refractivity contribution is -0.123. The van der Waals surface area contributed by atoms with Crippen molar-refractivity contribution in [1.29, 1.82) is 0 Å². The van der Waals surface area contributed by atoms with Gasteiger partial charge in [0.05, 0.1) is 23.9 Å². The van der Waals surface area contributed by atoms with Crippen LogP contribution in [-0.4, -0.2) is 34.7 Å². The van der Waals surface area contributed by atoms with Gasteiger partial charge in [0, 0.05) is 12.1 Å². The molecule has 1 aromatic heterocycles. The van der Waals surface area contributed by atoms with Crippen LogP contribution in [0.4, 0.5) is 0 Å². The Hall–Kier alpha value is -2.18. The second-order valence-corrected chi connectivity index (χ2v) is 5.97. The molecule has 0 aliphatic carbocycles. The second-order valence-electron chi connectivity index (χ2n) is 5.97. The summed E-state index contributed by atoms with van der Waals surface area (Å²) in [5.74, 6) is 0.682. The Morgan fingerprint density at radius 3 is 2.74 bits per heavy atom. The van der Waals surface area contributed by atoms with Gasteiger partial charge in [0.1, 0.15) is 0 Å². The van der Waals surface area contributed by atoms with Gasteiger partial charge in [-0.05, 0) is 25.8 Å². The summed E-state index contributed by atoms with van der Waals surface area (Å²) >= 11 is 0. The first-order chi connectivity index (χ1) is 11.0. The van der Waals surface area contributed by atoms with Gasteiger partial charge in [-0.2, -0.15) is 0 Å². The number of rotatable bonds is 4. The summed E-state index contributed by atoms with van der Waals surface area (Å²) in [7, 11) is 0. The lowest BCUT2D eigenvalue weighted by Gasteiger charge is -2.17. The molecule has 3 atom stereocenters. The molecule has 23 heavy (non-hydrogen) atoms. The van der Waals surface area contributed by atoms with Gasteiger partial charge in [-0.1, -0.05) is 24.3 Å². The van der Waals surface area contributed by atoms with E-state index in [9.17, 15) is 9.90 Å². The highest BCUT2D eigenvalue weighted by Gasteiger charge is 2.28. The third-order valence-electron chi connectivity index (χ3n) is 4.20. The third kappa shape index (κ3) is 3.43. The number of aryl methyl sites for hydroxylation is 1. The maximum atomic E-state index is 12.2. The van der Waals surface area contributed by atoms with Crippen molar-refractivity contribution in [3.05, 3.63) is 41.9 Å². The highest BCUT2D eigenvalue weighted by Crippen LogP contribution is 2.24. The van der Waals surface area contributed by atoms with Gasteiger partial charge < -0.3 is 20.2 Å². The molecule has 1 saturated heterocycles. The van der Waals surface area contributed by atoms with Crippen LogP contribution in [0.15, 0.2) is 35.1 Å². The zero-order valence-corrected chi connectivity index (χ0v) is 13.2. The molecular formula is C17H21N3O3. The van der Waals surface area contributed by atoms with Gasteiger partial charge in [-0.25, -0.2) is 4.98 Å². The molecule has 0 saturated carbocycles. The first kappa shape index (κ1) is 15.7. The Morgan fingerprint density at radius 1 is 1.43 bits per heavy atom. The minimum atomic E-state index is -0.439. The number of nitrogens with one attached hydrogen (secondary N) is 2. The lowest BCUT2D eigenvalue weighted by atomic mass is 10.0. The van der Waals surface area contributed by atoms with E-state index >= 15 is 0 Å². The Kier molecular flexibility index (Phi) is 4.45. The number of aliphatic hydroxyl groups is 1. The standard InChI is InChI=1S/C17H21N3O3/c1-10(20-17(22)15-7-14(21)8-18-15)12-3-5-13(6-4-12)16-11(2)19-9-23-16/h3-6,9-10,14-15,18,21H,7-8H2,1-2H3,(H,20,22)/t10-,14?,15?/m0/s1. The van der Waals surface area contributed by atoms with Crippen LogP contribution in [0.3, 0.4) is 0 Å². The number of hydrogen-bond donors (Lipinski definition) is 3. The van der Waals surface area contributed by atoms with Crippen molar-refractivity contribution in [3.8, 4) is 11.3 Å². The molecular weight excluding hydrogens is 294 g/mol. The van der Waals surface area contributed by atoms with Crippen molar-refractivity contribution < 1.29 is 14.3 Å². The van der Waals surface area contributed by atoms with Crippen LogP contribution in [0.2, 0.25) is 0 Å². The molecule has 3 rings (SSSR count).